The number of hydrogen-bond donors (Lipinski definition) is 2. The largest absolute Gasteiger partial charge is 0.341 e. The lowest BCUT2D eigenvalue weighted by Crippen LogP contribution is -2.41. The second-order valence-corrected chi connectivity index (χ2v) is 8.02. The van der Waals surface area contributed by atoms with Gasteiger partial charge in [-0.2, -0.15) is 0 Å². The number of aromatic nitrogens is 3. The fourth-order valence-corrected chi connectivity index (χ4v) is 4.72. The summed E-state index contributed by atoms with van der Waals surface area (Å²) in [5.41, 5.74) is 10.9. The van der Waals surface area contributed by atoms with Crippen molar-refractivity contribution in [2.24, 2.45) is 5.73 Å². The van der Waals surface area contributed by atoms with Crippen LogP contribution in [0.3, 0.4) is 0 Å². The van der Waals surface area contributed by atoms with Gasteiger partial charge in [0.15, 0.2) is 0 Å². The summed E-state index contributed by atoms with van der Waals surface area (Å²) < 4.78 is 0. The second-order valence-electron chi connectivity index (χ2n) is 8.02. The zero-order valence-corrected chi connectivity index (χ0v) is 16.1. The number of fused-ring (bicyclic) bond motifs is 2. The highest BCUT2D eigenvalue weighted by atomic mass is 15.2. The quantitative estimate of drug-likeness (QED) is 0.681. The third-order valence-electron chi connectivity index (χ3n) is 6.14. The molecule has 2 aromatic heterocycles. The number of para-hydroxylation sites is 2. The predicted octanol–water partition coefficient (Wildman–Crippen LogP) is 3.88. The minimum atomic E-state index is 0.182. The maximum absolute atomic E-state index is 6.12. The number of H-pyrrole nitrogens is 1. The highest BCUT2D eigenvalue weighted by Crippen LogP contribution is 2.36. The lowest BCUT2D eigenvalue weighted by molar-refractivity contribution is 0.118. The van der Waals surface area contributed by atoms with Crippen molar-refractivity contribution in [3.8, 4) is 0 Å². The normalized spacial score (nSPS) is 24.6. The molecule has 3 atom stereocenters. The van der Waals surface area contributed by atoms with Gasteiger partial charge in [0.25, 0.3) is 0 Å². The summed E-state index contributed by atoms with van der Waals surface area (Å²) in [6, 6.07) is 13.4. The van der Waals surface area contributed by atoms with Crippen LogP contribution in [0.1, 0.15) is 48.8 Å². The van der Waals surface area contributed by atoms with Gasteiger partial charge in [-0.3, -0.25) is 9.88 Å². The van der Waals surface area contributed by atoms with E-state index in [0.29, 0.717) is 12.1 Å². The van der Waals surface area contributed by atoms with Gasteiger partial charge in [0.05, 0.1) is 29.3 Å². The van der Waals surface area contributed by atoms with E-state index in [1.54, 1.807) is 0 Å². The third-order valence-corrected chi connectivity index (χ3v) is 6.14. The van der Waals surface area contributed by atoms with E-state index < -0.39 is 0 Å². The number of aromatic amines is 1. The van der Waals surface area contributed by atoms with Gasteiger partial charge in [0.2, 0.25) is 0 Å². The molecular formula is C23H27N5. The first-order valence-corrected chi connectivity index (χ1v) is 10.3. The molecule has 0 radical (unpaired) electrons. The predicted molar refractivity (Wildman–Crippen MR) is 112 cm³/mol. The maximum Gasteiger partial charge on any atom is 0.121 e. The highest BCUT2D eigenvalue weighted by molar-refractivity contribution is 5.74. The minimum Gasteiger partial charge on any atom is -0.341 e. The fraction of sp³-hybridized carbons (Fsp3) is 0.391. The lowest BCUT2D eigenvalue weighted by Gasteiger charge is -2.40. The van der Waals surface area contributed by atoms with Crippen LogP contribution in [0, 0.1) is 0 Å². The van der Waals surface area contributed by atoms with Crippen molar-refractivity contribution < 1.29 is 0 Å². The molecule has 2 heterocycles. The molecule has 3 N–H and O–H groups in total. The van der Waals surface area contributed by atoms with Gasteiger partial charge < -0.3 is 10.7 Å². The van der Waals surface area contributed by atoms with E-state index >= 15 is 0 Å². The number of nitrogens with one attached hydrogen (secondary N) is 1. The molecule has 5 heteroatoms. The van der Waals surface area contributed by atoms with Crippen LogP contribution < -0.4 is 5.73 Å². The van der Waals surface area contributed by atoms with Crippen LogP contribution in [-0.4, -0.2) is 31.9 Å². The van der Waals surface area contributed by atoms with Gasteiger partial charge >= 0.3 is 0 Å². The number of imidazole rings is 1. The smallest absolute Gasteiger partial charge is 0.121 e. The Balaban J connectivity index is 1.51. The Labute approximate surface area is 165 Å². The Hall–Kier alpha value is -2.50. The maximum atomic E-state index is 6.12. The molecule has 5 nitrogen and oxygen atoms in total. The van der Waals surface area contributed by atoms with Crippen molar-refractivity contribution in [3.63, 3.8) is 0 Å². The summed E-state index contributed by atoms with van der Waals surface area (Å²) in [6.45, 7) is 0.791. The van der Waals surface area contributed by atoms with E-state index in [1.807, 2.05) is 12.3 Å². The average Bonchev–Trinajstić information content (AvgIpc) is 3.15. The number of benzene rings is 1. The molecule has 28 heavy (non-hydrogen) atoms. The van der Waals surface area contributed by atoms with Crippen LogP contribution >= 0.6 is 0 Å². The van der Waals surface area contributed by atoms with Crippen molar-refractivity contribution in [3.05, 3.63) is 71.8 Å². The van der Waals surface area contributed by atoms with Crippen LogP contribution in [0.4, 0.5) is 0 Å². The van der Waals surface area contributed by atoms with E-state index in [-0.39, 0.29) is 6.04 Å². The molecule has 0 unspecified atom stereocenters. The molecule has 0 spiro atoms. The molecular weight excluding hydrogens is 346 g/mol. The molecule has 0 fully saturated rings. The van der Waals surface area contributed by atoms with Gasteiger partial charge in [-0.25, -0.2) is 4.98 Å². The van der Waals surface area contributed by atoms with E-state index in [9.17, 15) is 0 Å². The third kappa shape index (κ3) is 3.36. The van der Waals surface area contributed by atoms with Crippen molar-refractivity contribution >= 4 is 11.0 Å². The molecule has 0 aliphatic heterocycles. The van der Waals surface area contributed by atoms with Gasteiger partial charge in [0.1, 0.15) is 5.82 Å². The Morgan fingerprint density at radius 3 is 2.86 bits per heavy atom. The minimum absolute atomic E-state index is 0.182. The zero-order valence-electron chi connectivity index (χ0n) is 16.1. The molecule has 0 saturated heterocycles. The van der Waals surface area contributed by atoms with E-state index in [0.717, 1.165) is 49.1 Å². The molecule has 2 aliphatic rings. The summed E-state index contributed by atoms with van der Waals surface area (Å²) in [4.78, 5) is 15.7. The van der Waals surface area contributed by atoms with Crippen LogP contribution in [0.2, 0.25) is 0 Å². The Morgan fingerprint density at radius 2 is 2.00 bits per heavy atom. The summed E-state index contributed by atoms with van der Waals surface area (Å²) in [5.74, 6) is 1.02. The Morgan fingerprint density at radius 1 is 1.07 bits per heavy atom. The molecule has 2 aliphatic carbocycles. The summed E-state index contributed by atoms with van der Waals surface area (Å²) >= 11 is 0. The summed E-state index contributed by atoms with van der Waals surface area (Å²) in [5, 5.41) is 0. The lowest BCUT2D eigenvalue weighted by atomic mass is 9.88. The number of nitrogens with zero attached hydrogens (tertiary/aromatic N) is 3. The average molecular weight is 374 g/mol. The number of aryl methyl sites for hydroxylation is 1. The molecule has 0 saturated carbocycles. The van der Waals surface area contributed by atoms with Gasteiger partial charge in [-0.05, 0) is 55.9 Å². The number of pyridine rings is 1. The molecule has 144 valence electrons. The monoisotopic (exact) mass is 373 g/mol. The van der Waals surface area contributed by atoms with Crippen molar-refractivity contribution in [2.45, 2.75) is 56.8 Å². The molecule has 5 rings (SSSR count). The van der Waals surface area contributed by atoms with E-state index in [2.05, 4.69) is 52.4 Å². The van der Waals surface area contributed by atoms with E-state index in [1.165, 1.54) is 17.7 Å². The van der Waals surface area contributed by atoms with Crippen LogP contribution in [0.25, 0.3) is 11.0 Å². The molecule has 0 amide bonds. The first-order chi connectivity index (χ1) is 13.8. The van der Waals surface area contributed by atoms with Gasteiger partial charge in [-0.15, -0.1) is 0 Å². The standard InChI is InChI=1S/C23H27N5/c24-17-10-12-18(13-11-17)28(15-22-26-19-7-1-2-8-20(19)27-22)21-9-3-5-16-6-4-14-25-23(16)21/h1-2,4,6-8,10,12,14,17-18,21H,3,5,9,11,13,15,24H2,(H,26,27)/t17-,18-,21-/m0/s1. The van der Waals surface area contributed by atoms with Gasteiger partial charge in [0, 0.05) is 18.3 Å². The van der Waals surface area contributed by atoms with Crippen LogP contribution in [0.5, 0.6) is 0 Å². The molecule has 1 aromatic carbocycles. The Kier molecular flexibility index (Phi) is 4.71. The number of nitrogens with two attached hydrogens (primary N) is 1. The summed E-state index contributed by atoms with van der Waals surface area (Å²) in [7, 11) is 0. The SMILES string of the molecule is N[C@H]1C=C[C@H](N(Cc2nc3ccccc3[nH]2)[C@H]2CCCc3cccnc32)CC1. The van der Waals surface area contributed by atoms with Crippen LogP contribution in [0.15, 0.2) is 54.7 Å². The first-order valence-electron chi connectivity index (χ1n) is 10.3. The highest BCUT2D eigenvalue weighted by Gasteiger charge is 2.32. The molecule has 3 aromatic rings. The number of hydrogen-bond acceptors (Lipinski definition) is 4. The summed E-state index contributed by atoms with van der Waals surface area (Å²) in [6.07, 6.45) is 12.0. The van der Waals surface area contributed by atoms with Crippen molar-refractivity contribution in [1.82, 2.24) is 19.9 Å². The van der Waals surface area contributed by atoms with Gasteiger partial charge in [-0.1, -0.05) is 30.4 Å². The fourth-order valence-electron chi connectivity index (χ4n) is 4.72. The molecule has 0 bridgehead atoms. The second kappa shape index (κ2) is 7.49. The topological polar surface area (TPSA) is 70.8 Å². The zero-order chi connectivity index (χ0) is 18.9. The first kappa shape index (κ1) is 17.6. The Bertz CT molecular complexity index is 958. The van der Waals surface area contributed by atoms with Crippen molar-refractivity contribution in [1.29, 1.82) is 0 Å². The van der Waals surface area contributed by atoms with E-state index in [4.69, 9.17) is 15.7 Å². The number of rotatable bonds is 4. The van der Waals surface area contributed by atoms with Crippen LogP contribution in [-0.2, 0) is 13.0 Å². The van der Waals surface area contributed by atoms with Crippen molar-refractivity contribution in [2.75, 3.05) is 0 Å².